The molecule has 9 heteroatoms. The van der Waals surface area contributed by atoms with Crippen molar-refractivity contribution in [2.45, 2.75) is 0 Å². The maximum atomic E-state index is 12.2. The van der Waals surface area contributed by atoms with E-state index in [4.69, 9.17) is 11.6 Å². The van der Waals surface area contributed by atoms with Crippen molar-refractivity contribution in [2.24, 2.45) is 5.10 Å². The Morgan fingerprint density at radius 2 is 2.04 bits per heavy atom. The van der Waals surface area contributed by atoms with E-state index in [0.29, 0.717) is 20.6 Å². The Kier molecular flexibility index (Phi) is 5.54. The summed E-state index contributed by atoms with van der Waals surface area (Å²) in [5.41, 5.74) is 3.13. The number of phenols is 1. The van der Waals surface area contributed by atoms with Gasteiger partial charge in [-0.3, -0.25) is 9.78 Å². The maximum absolute atomic E-state index is 12.2. The standard InChI is InChI=1S/C18H11BrClN5O2/c19-15-12(14(26)7-6-13(15)20)9-22-25-18-23-16(10-4-2-1-3-5-10)11(8-21)17(27)24-18/h1-7,9,26H,(H2,23,24,25,27). The number of hydrogen-bond donors (Lipinski definition) is 3. The van der Waals surface area contributed by atoms with E-state index >= 15 is 0 Å². The van der Waals surface area contributed by atoms with Gasteiger partial charge in [0.2, 0.25) is 5.95 Å². The molecule has 0 spiro atoms. The molecular weight excluding hydrogens is 434 g/mol. The molecule has 0 aliphatic heterocycles. The summed E-state index contributed by atoms with van der Waals surface area (Å²) in [6.07, 6.45) is 1.33. The number of hydrogen-bond acceptors (Lipinski definition) is 6. The SMILES string of the molecule is N#Cc1c(-c2ccccc2)nc(NN=Cc2c(O)ccc(Cl)c2Br)[nH]c1=O. The summed E-state index contributed by atoms with van der Waals surface area (Å²) in [5, 5.41) is 23.5. The lowest BCUT2D eigenvalue weighted by Crippen LogP contribution is -2.16. The number of nitriles is 1. The number of aromatic amines is 1. The first-order valence-electron chi connectivity index (χ1n) is 7.57. The fourth-order valence-electron chi connectivity index (χ4n) is 2.27. The Balaban J connectivity index is 1.95. The fraction of sp³-hybridized carbons (Fsp3) is 0. The zero-order valence-electron chi connectivity index (χ0n) is 13.6. The second kappa shape index (κ2) is 8.03. The van der Waals surface area contributed by atoms with Crippen molar-refractivity contribution in [1.82, 2.24) is 9.97 Å². The molecule has 7 nitrogen and oxygen atoms in total. The summed E-state index contributed by atoms with van der Waals surface area (Å²) < 4.78 is 0.473. The van der Waals surface area contributed by atoms with Gasteiger partial charge in [0.1, 0.15) is 17.4 Å². The zero-order chi connectivity index (χ0) is 19.4. The van der Waals surface area contributed by atoms with E-state index in [1.54, 1.807) is 24.3 Å². The molecule has 2 aromatic carbocycles. The zero-order valence-corrected chi connectivity index (χ0v) is 15.9. The first-order valence-corrected chi connectivity index (χ1v) is 8.74. The van der Waals surface area contributed by atoms with E-state index in [-0.39, 0.29) is 23.0 Å². The molecule has 0 radical (unpaired) electrons. The molecule has 0 fully saturated rings. The van der Waals surface area contributed by atoms with Crippen LogP contribution in [0.4, 0.5) is 5.95 Å². The van der Waals surface area contributed by atoms with Crippen LogP contribution in [0.1, 0.15) is 11.1 Å². The van der Waals surface area contributed by atoms with E-state index < -0.39 is 5.56 Å². The lowest BCUT2D eigenvalue weighted by atomic mass is 10.1. The van der Waals surface area contributed by atoms with Crippen LogP contribution in [0, 0.1) is 11.3 Å². The van der Waals surface area contributed by atoms with E-state index in [1.165, 1.54) is 18.3 Å². The van der Waals surface area contributed by atoms with Crippen LogP contribution in [-0.2, 0) is 0 Å². The lowest BCUT2D eigenvalue weighted by molar-refractivity contribution is 0.474. The number of halogens is 2. The highest BCUT2D eigenvalue weighted by Gasteiger charge is 2.13. The van der Waals surface area contributed by atoms with Gasteiger partial charge in [-0.2, -0.15) is 10.4 Å². The van der Waals surface area contributed by atoms with Crippen molar-refractivity contribution in [3.8, 4) is 23.1 Å². The molecule has 0 aliphatic carbocycles. The molecule has 0 unspecified atom stereocenters. The predicted molar refractivity (Wildman–Crippen MR) is 107 cm³/mol. The Labute approximate surface area is 167 Å². The van der Waals surface area contributed by atoms with Crippen LogP contribution >= 0.6 is 27.5 Å². The lowest BCUT2D eigenvalue weighted by Gasteiger charge is -2.06. The first kappa shape index (κ1) is 18.6. The quantitative estimate of drug-likeness (QED) is 0.417. The molecule has 1 heterocycles. The largest absolute Gasteiger partial charge is 0.507 e. The van der Waals surface area contributed by atoms with Gasteiger partial charge < -0.3 is 5.11 Å². The molecule has 0 atom stereocenters. The molecule has 0 bridgehead atoms. The van der Waals surface area contributed by atoms with Gasteiger partial charge in [-0.1, -0.05) is 41.9 Å². The van der Waals surface area contributed by atoms with Crippen LogP contribution < -0.4 is 11.0 Å². The summed E-state index contributed by atoms with van der Waals surface area (Å²) in [7, 11) is 0. The van der Waals surface area contributed by atoms with Crippen molar-refractivity contribution in [1.29, 1.82) is 5.26 Å². The summed E-state index contributed by atoms with van der Waals surface area (Å²) >= 11 is 9.26. The van der Waals surface area contributed by atoms with Crippen molar-refractivity contribution in [2.75, 3.05) is 5.43 Å². The van der Waals surface area contributed by atoms with Crippen LogP contribution in [0.5, 0.6) is 5.75 Å². The third kappa shape index (κ3) is 4.00. The molecule has 3 N–H and O–H groups in total. The minimum atomic E-state index is -0.587. The summed E-state index contributed by atoms with van der Waals surface area (Å²) in [4.78, 5) is 18.9. The van der Waals surface area contributed by atoms with Gasteiger partial charge in [-0.05, 0) is 28.1 Å². The highest BCUT2D eigenvalue weighted by Crippen LogP contribution is 2.31. The molecule has 3 rings (SSSR count). The highest BCUT2D eigenvalue weighted by atomic mass is 79.9. The molecule has 1 aromatic heterocycles. The predicted octanol–water partition coefficient (Wildman–Crippen LogP) is 3.88. The van der Waals surface area contributed by atoms with E-state index in [0.717, 1.165) is 0 Å². The molecule has 0 amide bonds. The number of H-pyrrole nitrogens is 1. The van der Waals surface area contributed by atoms with Crippen molar-refractivity contribution in [3.63, 3.8) is 0 Å². The number of hydrazone groups is 1. The Bertz CT molecular complexity index is 1120. The molecule has 3 aromatic rings. The van der Waals surface area contributed by atoms with Crippen LogP contribution in [0.15, 0.2) is 56.8 Å². The maximum Gasteiger partial charge on any atom is 0.270 e. The molecule has 134 valence electrons. The average molecular weight is 445 g/mol. The second-order valence-corrected chi connectivity index (χ2v) is 6.48. The van der Waals surface area contributed by atoms with Crippen molar-refractivity contribution >= 4 is 39.7 Å². The fourth-order valence-corrected chi connectivity index (χ4v) is 2.87. The monoisotopic (exact) mass is 443 g/mol. The van der Waals surface area contributed by atoms with Crippen molar-refractivity contribution in [3.05, 3.63) is 73.4 Å². The van der Waals surface area contributed by atoms with Crippen LogP contribution in [0.25, 0.3) is 11.3 Å². The normalized spacial score (nSPS) is 10.7. The van der Waals surface area contributed by atoms with Gasteiger partial charge in [0.15, 0.2) is 0 Å². The van der Waals surface area contributed by atoms with Crippen LogP contribution in [0.2, 0.25) is 5.02 Å². The molecular formula is C18H11BrClN5O2. The van der Waals surface area contributed by atoms with E-state index in [2.05, 4.69) is 36.4 Å². The number of nitrogens with one attached hydrogen (secondary N) is 2. The van der Waals surface area contributed by atoms with Gasteiger partial charge >= 0.3 is 0 Å². The number of aromatic nitrogens is 2. The molecule has 0 saturated heterocycles. The summed E-state index contributed by atoms with van der Waals surface area (Å²) in [6.45, 7) is 0. The minimum absolute atomic E-state index is 0.0249. The number of benzene rings is 2. The average Bonchev–Trinajstić information content (AvgIpc) is 2.68. The van der Waals surface area contributed by atoms with Crippen LogP contribution in [-0.4, -0.2) is 21.3 Å². The highest BCUT2D eigenvalue weighted by molar-refractivity contribution is 9.10. The van der Waals surface area contributed by atoms with E-state index in [1.807, 2.05) is 12.1 Å². The summed E-state index contributed by atoms with van der Waals surface area (Å²) in [5.74, 6) is 0.0230. The van der Waals surface area contributed by atoms with Gasteiger partial charge in [0.05, 0.1) is 22.5 Å². The van der Waals surface area contributed by atoms with Gasteiger partial charge in [0.25, 0.3) is 5.56 Å². The van der Waals surface area contributed by atoms with E-state index in [9.17, 15) is 15.2 Å². The second-order valence-electron chi connectivity index (χ2n) is 5.28. The van der Waals surface area contributed by atoms with Crippen molar-refractivity contribution < 1.29 is 5.11 Å². The number of rotatable bonds is 4. The van der Waals surface area contributed by atoms with Gasteiger partial charge in [-0.15, -0.1) is 0 Å². The first-order chi connectivity index (χ1) is 13.0. The smallest absolute Gasteiger partial charge is 0.270 e. The Morgan fingerprint density at radius 3 is 2.74 bits per heavy atom. The number of anilines is 1. The molecule has 0 aliphatic rings. The topological polar surface area (TPSA) is 114 Å². The Morgan fingerprint density at radius 1 is 1.30 bits per heavy atom. The Hall–Kier alpha value is -3.15. The summed E-state index contributed by atoms with van der Waals surface area (Å²) in [6, 6.07) is 13.7. The van der Waals surface area contributed by atoms with Crippen LogP contribution in [0.3, 0.4) is 0 Å². The molecule has 27 heavy (non-hydrogen) atoms. The number of nitrogens with zero attached hydrogens (tertiary/aromatic N) is 3. The minimum Gasteiger partial charge on any atom is -0.507 e. The molecule has 0 saturated carbocycles. The number of aromatic hydroxyl groups is 1. The number of phenolic OH excluding ortho intramolecular Hbond substituents is 1. The van der Waals surface area contributed by atoms with Gasteiger partial charge in [-0.25, -0.2) is 10.4 Å². The third-order valence-corrected chi connectivity index (χ3v) is 4.95. The van der Waals surface area contributed by atoms with Gasteiger partial charge in [0, 0.05) is 10.0 Å². The third-order valence-electron chi connectivity index (χ3n) is 3.55.